The lowest BCUT2D eigenvalue weighted by Gasteiger charge is -2.27. The molecule has 152 valence electrons. The van der Waals surface area contributed by atoms with Crippen LogP contribution in [0.2, 0.25) is 0 Å². The topological polar surface area (TPSA) is 43.2 Å². The molecule has 4 rings (SSSR count). The molecule has 0 unspecified atom stereocenters. The Balaban J connectivity index is 1.54. The van der Waals surface area contributed by atoms with Crippen LogP contribution in [-0.4, -0.2) is 46.8 Å². The number of hydrogen-bond acceptors (Lipinski definition) is 6. The number of alkyl halides is 2. The smallest absolute Gasteiger partial charge is 0.288 e. The first-order valence-electron chi connectivity index (χ1n) is 9.21. The van der Waals surface area contributed by atoms with Gasteiger partial charge < -0.3 is 9.64 Å². The summed E-state index contributed by atoms with van der Waals surface area (Å²) in [7, 11) is 0. The SMILES string of the molecule is FC(F)Sc1ccc(CSc2nnc(N3CCOCC3)n2-c2ccccc2)cc1. The van der Waals surface area contributed by atoms with E-state index in [1.54, 1.807) is 23.9 Å². The zero-order valence-corrected chi connectivity index (χ0v) is 17.2. The summed E-state index contributed by atoms with van der Waals surface area (Å²) in [4.78, 5) is 2.75. The van der Waals surface area contributed by atoms with Gasteiger partial charge in [0, 0.05) is 23.7 Å². The van der Waals surface area contributed by atoms with E-state index in [0.29, 0.717) is 35.6 Å². The van der Waals surface area contributed by atoms with E-state index < -0.39 is 5.76 Å². The summed E-state index contributed by atoms with van der Waals surface area (Å²) < 4.78 is 32.5. The maximum atomic E-state index is 12.5. The number of nitrogens with zero attached hydrogens (tertiary/aromatic N) is 4. The minimum absolute atomic E-state index is 0.558. The highest BCUT2D eigenvalue weighted by atomic mass is 32.2. The molecular weight excluding hydrogens is 414 g/mol. The van der Waals surface area contributed by atoms with Gasteiger partial charge in [0.2, 0.25) is 5.95 Å². The number of benzene rings is 2. The van der Waals surface area contributed by atoms with Crippen LogP contribution in [0.1, 0.15) is 5.56 Å². The molecule has 1 fully saturated rings. The third-order valence-electron chi connectivity index (χ3n) is 4.44. The zero-order valence-electron chi connectivity index (χ0n) is 15.6. The number of aromatic nitrogens is 3. The van der Waals surface area contributed by atoms with Gasteiger partial charge in [0.15, 0.2) is 5.16 Å². The Hall–Kier alpha value is -2.10. The van der Waals surface area contributed by atoms with Crippen molar-refractivity contribution in [2.45, 2.75) is 21.6 Å². The van der Waals surface area contributed by atoms with Crippen molar-refractivity contribution >= 4 is 29.5 Å². The Morgan fingerprint density at radius 3 is 2.38 bits per heavy atom. The van der Waals surface area contributed by atoms with Crippen LogP contribution in [0.25, 0.3) is 5.69 Å². The summed E-state index contributed by atoms with van der Waals surface area (Å²) in [6.07, 6.45) is 0. The van der Waals surface area contributed by atoms with Crippen molar-refractivity contribution in [3.8, 4) is 5.69 Å². The standard InChI is InChI=1S/C20H20F2N4OS2/c21-18(22)29-17-8-6-15(7-9-17)14-28-20-24-23-19(25-10-12-27-13-11-25)26(20)16-4-2-1-3-5-16/h1-9,18H,10-14H2. The third-order valence-corrected chi connectivity index (χ3v) is 6.16. The van der Waals surface area contributed by atoms with E-state index in [2.05, 4.69) is 19.7 Å². The van der Waals surface area contributed by atoms with Gasteiger partial charge in [-0.05, 0) is 29.8 Å². The van der Waals surface area contributed by atoms with Crippen LogP contribution in [0.15, 0.2) is 64.6 Å². The Morgan fingerprint density at radius 2 is 1.69 bits per heavy atom. The van der Waals surface area contributed by atoms with E-state index in [1.165, 1.54) is 0 Å². The number of para-hydroxylation sites is 1. The number of morpholine rings is 1. The molecular formula is C20H20F2N4OS2. The van der Waals surface area contributed by atoms with E-state index in [9.17, 15) is 8.78 Å². The van der Waals surface area contributed by atoms with Gasteiger partial charge in [-0.2, -0.15) is 8.78 Å². The van der Waals surface area contributed by atoms with Crippen molar-refractivity contribution in [1.82, 2.24) is 14.8 Å². The zero-order chi connectivity index (χ0) is 20.1. The Kier molecular flexibility index (Phi) is 6.68. The second-order valence-corrected chi connectivity index (χ2v) is 8.37. The molecule has 2 aromatic carbocycles. The molecule has 1 aliphatic heterocycles. The van der Waals surface area contributed by atoms with Gasteiger partial charge >= 0.3 is 0 Å². The number of ether oxygens (including phenoxy) is 1. The van der Waals surface area contributed by atoms with Crippen LogP contribution < -0.4 is 4.90 Å². The van der Waals surface area contributed by atoms with Crippen LogP contribution in [-0.2, 0) is 10.5 Å². The summed E-state index contributed by atoms with van der Waals surface area (Å²) in [6, 6.07) is 17.3. The van der Waals surface area contributed by atoms with Crippen molar-refractivity contribution in [1.29, 1.82) is 0 Å². The lowest BCUT2D eigenvalue weighted by atomic mass is 10.2. The van der Waals surface area contributed by atoms with Gasteiger partial charge in [-0.3, -0.25) is 4.57 Å². The number of halogens is 2. The molecule has 0 aliphatic carbocycles. The summed E-state index contributed by atoms with van der Waals surface area (Å²) >= 11 is 2.13. The van der Waals surface area contributed by atoms with Gasteiger partial charge in [-0.25, -0.2) is 0 Å². The highest BCUT2D eigenvalue weighted by Gasteiger charge is 2.21. The Labute approximate surface area is 176 Å². The lowest BCUT2D eigenvalue weighted by molar-refractivity contribution is 0.122. The molecule has 1 aliphatic rings. The summed E-state index contributed by atoms with van der Waals surface area (Å²) in [5.41, 5.74) is 2.05. The maximum Gasteiger partial charge on any atom is 0.288 e. The summed E-state index contributed by atoms with van der Waals surface area (Å²) in [5, 5.41) is 9.68. The fourth-order valence-corrected chi connectivity index (χ4v) is 4.44. The van der Waals surface area contributed by atoms with Gasteiger partial charge in [-0.1, -0.05) is 53.9 Å². The lowest BCUT2D eigenvalue weighted by Crippen LogP contribution is -2.37. The monoisotopic (exact) mass is 434 g/mol. The summed E-state index contributed by atoms with van der Waals surface area (Å²) in [5.74, 6) is -0.919. The van der Waals surface area contributed by atoms with Crippen molar-refractivity contribution in [3.63, 3.8) is 0 Å². The Morgan fingerprint density at radius 1 is 0.966 bits per heavy atom. The molecule has 0 bridgehead atoms. The van der Waals surface area contributed by atoms with Gasteiger partial charge in [0.25, 0.3) is 5.76 Å². The minimum Gasteiger partial charge on any atom is -0.378 e. The van der Waals surface area contributed by atoms with E-state index in [4.69, 9.17) is 4.74 Å². The quantitative estimate of drug-likeness (QED) is 0.502. The van der Waals surface area contributed by atoms with E-state index in [0.717, 1.165) is 35.4 Å². The first-order chi connectivity index (χ1) is 14.2. The second kappa shape index (κ2) is 9.60. The molecule has 0 radical (unpaired) electrons. The predicted octanol–water partition coefficient (Wildman–Crippen LogP) is 4.71. The average molecular weight is 435 g/mol. The molecule has 0 amide bonds. The molecule has 1 saturated heterocycles. The highest BCUT2D eigenvalue weighted by Crippen LogP contribution is 2.30. The van der Waals surface area contributed by atoms with Crippen molar-refractivity contribution in [2.24, 2.45) is 0 Å². The molecule has 0 spiro atoms. The summed E-state index contributed by atoms with van der Waals surface area (Å²) in [6.45, 7) is 2.90. The van der Waals surface area contributed by atoms with Crippen LogP contribution in [0.5, 0.6) is 0 Å². The normalized spacial score (nSPS) is 14.5. The number of rotatable bonds is 7. The van der Waals surface area contributed by atoms with Crippen LogP contribution in [0.3, 0.4) is 0 Å². The maximum absolute atomic E-state index is 12.5. The Bertz CT molecular complexity index is 916. The average Bonchev–Trinajstić information content (AvgIpc) is 3.18. The number of thioether (sulfide) groups is 2. The van der Waals surface area contributed by atoms with Crippen LogP contribution >= 0.6 is 23.5 Å². The van der Waals surface area contributed by atoms with Gasteiger partial charge in [-0.15, -0.1) is 10.2 Å². The molecule has 3 aromatic rings. The van der Waals surface area contributed by atoms with Crippen LogP contribution in [0.4, 0.5) is 14.7 Å². The third kappa shape index (κ3) is 5.09. The van der Waals surface area contributed by atoms with E-state index >= 15 is 0 Å². The van der Waals surface area contributed by atoms with Crippen molar-refractivity contribution in [3.05, 3.63) is 60.2 Å². The molecule has 29 heavy (non-hydrogen) atoms. The predicted molar refractivity (Wildman–Crippen MR) is 112 cm³/mol. The molecule has 0 atom stereocenters. The molecule has 5 nitrogen and oxygen atoms in total. The van der Waals surface area contributed by atoms with Gasteiger partial charge in [0.05, 0.1) is 18.9 Å². The fraction of sp³-hybridized carbons (Fsp3) is 0.300. The van der Waals surface area contributed by atoms with Crippen molar-refractivity contribution < 1.29 is 13.5 Å². The fourth-order valence-electron chi connectivity index (χ4n) is 3.04. The second-order valence-electron chi connectivity index (χ2n) is 6.36. The number of hydrogen-bond donors (Lipinski definition) is 0. The largest absolute Gasteiger partial charge is 0.378 e. The molecule has 0 N–H and O–H groups in total. The number of anilines is 1. The minimum atomic E-state index is -2.40. The van der Waals surface area contributed by atoms with E-state index in [-0.39, 0.29) is 0 Å². The first kappa shape index (κ1) is 20.2. The highest BCUT2D eigenvalue weighted by molar-refractivity contribution is 7.99. The molecule has 9 heteroatoms. The van der Waals surface area contributed by atoms with E-state index in [1.807, 2.05) is 42.5 Å². The van der Waals surface area contributed by atoms with Crippen molar-refractivity contribution in [2.75, 3.05) is 31.2 Å². The molecule has 2 heterocycles. The molecule has 1 aromatic heterocycles. The first-order valence-corrected chi connectivity index (χ1v) is 11.1. The van der Waals surface area contributed by atoms with Crippen LogP contribution in [0, 0.1) is 0 Å². The molecule has 0 saturated carbocycles. The van der Waals surface area contributed by atoms with Gasteiger partial charge in [0.1, 0.15) is 0 Å².